The van der Waals surface area contributed by atoms with Crippen molar-refractivity contribution in [2.75, 3.05) is 13.2 Å². The van der Waals surface area contributed by atoms with Gasteiger partial charge >= 0.3 is 0 Å². The fourth-order valence-corrected chi connectivity index (χ4v) is 1.73. The van der Waals surface area contributed by atoms with E-state index in [4.69, 9.17) is 20.6 Å². The van der Waals surface area contributed by atoms with Gasteiger partial charge in [-0.3, -0.25) is 5.41 Å². The number of hydrogen-bond donors (Lipinski definition) is 2. The van der Waals surface area contributed by atoms with Gasteiger partial charge in [-0.05, 0) is 22.4 Å². The fraction of sp³-hybridized carbons (Fsp3) is 0.214. The molecule has 2 rings (SSSR count). The first-order chi connectivity index (χ1) is 8.75. The van der Waals surface area contributed by atoms with E-state index in [1.807, 2.05) is 18.2 Å². The maximum atomic E-state index is 6.88. The third-order valence-electron chi connectivity index (χ3n) is 2.57. The van der Waals surface area contributed by atoms with Crippen molar-refractivity contribution in [1.82, 2.24) is 0 Å². The highest BCUT2D eigenvalue weighted by atomic mass is 16.5. The van der Waals surface area contributed by atoms with Crippen LogP contribution in [0.4, 0.5) is 0 Å². The van der Waals surface area contributed by atoms with E-state index < -0.39 is 0 Å². The molecular weight excluding hydrogens is 228 g/mol. The lowest BCUT2D eigenvalue weighted by Gasteiger charge is -2.06. The molecule has 0 atom stereocenters. The van der Waals surface area contributed by atoms with E-state index in [-0.39, 0.29) is 6.02 Å². The number of ether oxygens (including phenoxy) is 2. The van der Waals surface area contributed by atoms with Crippen LogP contribution in [0.1, 0.15) is 5.56 Å². The first kappa shape index (κ1) is 12.4. The van der Waals surface area contributed by atoms with E-state index in [0.717, 1.165) is 5.56 Å². The molecule has 94 valence electrons. The molecule has 0 unspecified atom stereocenters. The van der Waals surface area contributed by atoms with E-state index in [1.54, 1.807) is 0 Å². The van der Waals surface area contributed by atoms with Gasteiger partial charge in [-0.25, -0.2) is 0 Å². The van der Waals surface area contributed by atoms with Gasteiger partial charge in [-0.2, -0.15) is 0 Å². The Kier molecular flexibility index (Phi) is 4.15. The molecule has 0 aromatic heterocycles. The summed E-state index contributed by atoms with van der Waals surface area (Å²) < 4.78 is 10.2. The molecule has 18 heavy (non-hydrogen) atoms. The van der Waals surface area contributed by atoms with Gasteiger partial charge in [0, 0.05) is 0 Å². The Labute approximate surface area is 106 Å². The highest BCUT2D eigenvalue weighted by Crippen LogP contribution is 2.15. The highest BCUT2D eigenvalue weighted by Gasteiger charge is 1.97. The van der Waals surface area contributed by atoms with Crippen molar-refractivity contribution >= 4 is 16.8 Å². The van der Waals surface area contributed by atoms with Crippen LogP contribution in [0.25, 0.3) is 10.8 Å². The summed E-state index contributed by atoms with van der Waals surface area (Å²) in [6.07, 6.45) is 0. The Morgan fingerprint density at radius 2 is 1.83 bits per heavy atom. The summed E-state index contributed by atoms with van der Waals surface area (Å²) in [7, 11) is 0. The van der Waals surface area contributed by atoms with Gasteiger partial charge < -0.3 is 15.2 Å². The Morgan fingerprint density at radius 3 is 2.61 bits per heavy atom. The lowest BCUT2D eigenvalue weighted by molar-refractivity contribution is 0.0845. The molecule has 4 nitrogen and oxygen atoms in total. The number of rotatable bonds is 5. The van der Waals surface area contributed by atoms with Gasteiger partial charge in [0.2, 0.25) is 0 Å². The summed E-state index contributed by atoms with van der Waals surface area (Å²) >= 11 is 0. The number of nitrogens with two attached hydrogens (primary N) is 1. The van der Waals surface area contributed by atoms with Crippen molar-refractivity contribution in [3.05, 3.63) is 48.0 Å². The summed E-state index contributed by atoms with van der Waals surface area (Å²) in [6, 6.07) is 14.2. The first-order valence-corrected chi connectivity index (χ1v) is 5.78. The van der Waals surface area contributed by atoms with Crippen molar-refractivity contribution in [2.45, 2.75) is 6.61 Å². The third-order valence-corrected chi connectivity index (χ3v) is 2.57. The minimum absolute atomic E-state index is 0.274. The van der Waals surface area contributed by atoms with Crippen LogP contribution in [-0.2, 0) is 16.1 Å². The SMILES string of the molecule is N=C(N)OCCOCc1ccc2ccccc2c1. The topological polar surface area (TPSA) is 68.3 Å². The molecule has 0 saturated heterocycles. The molecule has 0 radical (unpaired) electrons. The van der Waals surface area contributed by atoms with Crippen LogP contribution < -0.4 is 5.73 Å². The Morgan fingerprint density at radius 1 is 1.06 bits per heavy atom. The highest BCUT2D eigenvalue weighted by molar-refractivity contribution is 5.82. The molecule has 0 aliphatic heterocycles. The van der Waals surface area contributed by atoms with E-state index in [2.05, 4.69) is 24.3 Å². The minimum atomic E-state index is -0.274. The van der Waals surface area contributed by atoms with Crippen LogP contribution in [-0.4, -0.2) is 19.2 Å². The average Bonchev–Trinajstić information content (AvgIpc) is 2.38. The van der Waals surface area contributed by atoms with E-state index >= 15 is 0 Å². The minimum Gasteiger partial charge on any atom is -0.463 e. The van der Waals surface area contributed by atoms with Crippen LogP contribution in [0.5, 0.6) is 0 Å². The zero-order valence-corrected chi connectivity index (χ0v) is 10.1. The smallest absolute Gasteiger partial charge is 0.279 e. The predicted octanol–water partition coefficient (Wildman–Crippen LogP) is 2.27. The molecule has 4 heteroatoms. The molecule has 2 aromatic rings. The molecule has 0 saturated carbocycles. The number of fused-ring (bicyclic) bond motifs is 1. The van der Waals surface area contributed by atoms with Gasteiger partial charge in [0.15, 0.2) is 0 Å². The van der Waals surface area contributed by atoms with Gasteiger partial charge in [0.25, 0.3) is 6.02 Å². The normalized spacial score (nSPS) is 10.4. The monoisotopic (exact) mass is 244 g/mol. The lowest BCUT2D eigenvalue weighted by Crippen LogP contribution is -2.17. The van der Waals surface area contributed by atoms with E-state index in [0.29, 0.717) is 19.8 Å². The summed E-state index contributed by atoms with van der Waals surface area (Å²) in [5.41, 5.74) is 6.18. The molecule has 0 spiro atoms. The van der Waals surface area contributed by atoms with Crippen molar-refractivity contribution < 1.29 is 9.47 Å². The van der Waals surface area contributed by atoms with Crippen molar-refractivity contribution in [3.63, 3.8) is 0 Å². The van der Waals surface area contributed by atoms with Crippen molar-refractivity contribution in [3.8, 4) is 0 Å². The number of benzene rings is 2. The average molecular weight is 244 g/mol. The summed E-state index contributed by atoms with van der Waals surface area (Å²) in [6.45, 7) is 1.27. The molecule has 0 aliphatic rings. The zero-order chi connectivity index (χ0) is 12.8. The molecule has 0 heterocycles. The largest absolute Gasteiger partial charge is 0.463 e. The van der Waals surface area contributed by atoms with Crippen LogP contribution in [0.2, 0.25) is 0 Å². The summed E-state index contributed by atoms with van der Waals surface area (Å²) in [5, 5.41) is 9.31. The second kappa shape index (κ2) is 6.02. The zero-order valence-electron chi connectivity index (χ0n) is 10.1. The molecular formula is C14H16N2O2. The predicted molar refractivity (Wildman–Crippen MR) is 71.5 cm³/mol. The number of nitrogens with one attached hydrogen (secondary N) is 1. The summed E-state index contributed by atoms with van der Waals surface area (Å²) in [5.74, 6) is 0. The van der Waals surface area contributed by atoms with E-state index in [1.165, 1.54) is 10.8 Å². The van der Waals surface area contributed by atoms with Crippen molar-refractivity contribution in [2.24, 2.45) is 5.73 Å². The Bertz CT molecular complexity index is 540. The maximum absolute atomic E-state index is 6.88. The third kappa shape index (κ3) is 3.46. The molecule has 0 bridgehead atoms. The van der Waals surface area contributed by atoms with E-state index in [9.17, 15) is 0 Å². The Hall–Kier alpha value is -2.07. The molecule has 2 aromatic carbocycles. The van der Waals surface area contributed by atoms with Crippen molar-refractivity contribution in [1.29, 1.82) is 5.41 Å². The maximum Gasteiger partial charge on any atom is 0.279 e. The molecule has 0 amide bonds. The quantitative estimate of drug-likeness (QED) is 0.481. The standard InChI is InChI=1S/C14H16N2O2/c15-14(16)18-8-7-17-10-11-5-6-12-3-1-2-4-13(12)9-11/h1-6,9H,7-8,10H2,(H3,15,16). The van der Waals surface area contributed by atoms with Crippen LogP contribution in [0.15, 0.2) is 42.5 Å². The number of amidine groups is 1. The first-order valence-electron chi connectivity index (χ1n) is 5.78. The van der Waals surface area contributed by atoms with Gasteiger partial charge in [0.05, 0.1) is 13.2 Å². The van der Waals surface area contributed by atoms with Crippen LogP contribution in [0.3, 0.4) is 0 Å². The van der Waals surface area contributed by atoms with Gasteiger partial charge in [0.1, 0.15) is 6.61 Å². The fourth-order valence-electron chi connectivity index (χ4n) is 1.73. The van der Waals surface area contributed by atoms with Gasteiger partial charge in [-0.15, -0.1) is 0 Å². The molecule has 0 fully saturated rings. The van der Waals surface area contributed by atoms with Gasteiger partial charge in [-0.1, -0.05) is 36.4 Å². The molecule has 0 aliphatic carbocycles. The summed E-state index contributed by atoms with van der Waals surface area (Å²) in [4.78, 5) is 0. The lowest BCUT2D eigenvalue weighted by atomic mass is 10.1. The second-order valence-corrected chi connectivity index (χ2v) is 3.95. The molecule has 3 N–H and O–H groups in total. The van der Waals surface area contributed by atoms with Crippen LogP contribution in [0, 0.1) is 5.41 Å². The number of hydrogen-bond acceptors (Lipinski definition) is 3. The van der Waals surface area contributed by atoms with Crippen LogP contribution >= 0.6 is 0 Å². The Balaban J connectivity index is 1.86. The second-order valence-electron chi connectivity index (χ2n) is 3.95.